The third-order valence-electron chi connectivity index (χ3n) is 3.39. The molecule has 0 amide bonds. The van der Waals surface area contributed by atoms with Crippen molar-refractivity contribution in [3.63, 3.8) is 0 Å². The monoisotopic (exact) mass is 350 g/mol. The fraction of sp³-hybridized carbons (Fsp3) is 0.941. The van der Waals surface area contributed by atoms with Gasteiger partial charge < -0.3 is 19.3 Å². The summed E-state index contributed by atoms with van der Waals surface area (Å²) in [4.78, 5) is 11.5. The number of unbranched alkanes of at least 4 members (excludes halogenated alkanes) is 7. The Balaban J connectivity index is 3.13. The topological polar surface area (TPSA) is 65.0 Å². The third kappa shape index (κ3) is 19.7. The first-order valence-electron chi connectivity index (χ1n) is 8.84. The summed E-state index contributed by atoms with van der Waals surface area (Å²) in [5.41, 5.74) is 0. The Morgan fingerprint density at radius 1 is 0.739 bits per heavy atom. The van der Waals surface area contributed by atoms with E-state index in [9.17, 15) is 4.79 Å². The minimum atomic E-state index is -0.140. The average molecular weight is 351 g/mol. The summed E-state index contributed by atoms with van der Waals surface area (Å²) in [6.07, 6.45) is 10.1. The molecule has 0 fully saturated rings. The van der Waals surface area contributed by atoms with Gasteiger partial charge in [0, 0.05) is 6.42 Å². The molecule has 0 heterocycles. The predicted octanol–water partition coefficient (Wildman–Crippen LogP) is 3.00. The SMILES string of the molecule is O=C(CCCCCCCCCCS)OCCOCCOCCO. The quantitative estimate of drug-likeness (QED) is 0.226. The highest BCUT2D eigenvalue weighted by Gasteiger charge is 2.02. The number of rotatable bonds is 18. The molecular formula is C17H34O5S. The lowest BCUT2D eigenvalue weighted by atomic mass is 10.1. The molecule has 1 N–H and O–H groups in total. The van der Waals surface area contributed by atoms with Gasteiger partial charge in [0.05, 0.1) is 33.0 Å². The van der Waals surface area contributed by atoms with E-state index in [1.54, 1.807) is 0 Å². The first-order chi connectivity index (χ1) is 11.3. The Labute approximate surface area is 146 Å². The zero-order valence-corrected chi connectivity index (χ0v) is 15.2. The highest BCUT2D eigenvalue weighted by Crippen LogP contribution is 2.10. The Morgan fingerprint density at radius 2 is 1.26 bits per heavy atom. The van der Waals surface area contributed by atoms with E-state index >= 15 is 0 Å². The number of carbonyl (C=O) groups is 1. The molecule has 138 valence electrons. The summed E-state index contributed by atoms with van der Waals surface area (Å²) in [5.74, 6) is 0.851. The zero-order chi connectivity index (χ0) is 17.0. The summed E-state index contributed by atoms with van der Waals surface area (Å²) in [6.45, 7) is 1.93. The van der Waals surface area contributed by atoms with Crippen LogP contribution in [-0.2, 0) is 19.0 Å². The van der Waals surface area contributed by atoms with E-state index in [1.807, 2.05) is 0 Å². The zero-order valence-electron chi connectivity index (χ0n) is 14.3. The van der Waals surface area contributed by atoms with Crippen molar-refractivity contribution in [3.05, 3.63) is 0 Å². The van der Waals surface area contributed by atoms with Gasteiger partial charge in [-0.05, 0) is 18.6 Å². The molecule has 6 heteroatoms. The molecule has 0 aromatic heterocycles. The van der Waals surface area contributed by atoms with Crippen LogP contribution in [0.4, 0.5) is 0 Å². The highest BCUT2D eigenvalue weighted by molar-refractivity contribution is 7.80. The van der Waals surface area contributed by atoms with Crippen molar-refractivity contribution >= 4 is 18.6 Å². The van der Waals surface area contributed by atoms with Crippen LogP contribution in [0.5, 0.6) is 0 Å². The molecule has 0 rings (SSSR count). The van der Waals surface area contributed by atoms with Gasteiger partial charge in [-0.25, -0.2) is 0 Å². The van der Waals surface area contributed by atoms with Gasteiger partial charge in [0.2, 0.25) is 0 Å². The standard InChI is InChI=1S/C17H34O5S/c18-10-11-20-12-13-21-14-15-22-17(19)9-7-5-3-1-2-4-6-8-16-23/h18,23H,1-16H2. The Bertz CT molecular complexity index is 251. The lowest BCUT2D eigenvalue weighted by Gasteiger charge is -2.06. The van der Waals surface area contributed by atoms with E-state index < -0.39 is 0 Å². The molecule has 0 saturated carbocycles. The molecule has 0 aliphatic rings. The summed E-state index contributed by atoms with van der Waals surface area (Å²) >= 11 is 4.20. The van der Waals surface area contributed by atoms with Crippen LogP contribution in [0.25, 0.3) is 0 Å². The van der Waals surface area contributed by atoms with Gasteiger partial charge in [-0.15, -0.1) is 0 Å². The van der Waals surface area contributed by atoms with Crippen LogP contribution < -0.4 is 0 Å². The van der Waals surface area contributed by atoms with Gasteiger partial charge >= 0.3 is 5.97 Å². The molecule has 0 spiro atoms. The van der Waals surface area contributed by atoms with Crippen LogP contribution in [0.15, 0.2) is 0 Å². The van der Waals surface area contributed by atoms with Gasteiger partial charge in [-0.1, -0.05) is 38.5 Å². The number of hydrogen-bond donors (Lipinski definition) is 2. The number of ether oxygens (including phenoxy) is 3. The van der Waals surface area contributed by atoms with Gasteiger partial charge in [-0.2, -0.15) is 12.6 Å². The van der Waals surface area contributed by atoms with Gasteiger partial charge in [-0.3, -0.25) is 4.79 Å². The molecule has 0 aliphatic carbocycles. The number of aliphatic hydroxyl groups excluding tert-OH is 1. The van der Waals surface area contributed by atoms with E-state index in [4.69, 9.17) is 19.3 Å². The number of aliphatic hydroxyl groups is 1. The molecule has 0 radical (unpaired) electrons. The third-order valence-corrected chi connectivity index (χ3v) is 3.70. The van der Waals surface area contributed by atoms with Crippen LogP contribution in [-0.4, -0.2) is 56.5 Å². The lowest BCUT2D eigenvalue weighted by Crippen LogP contribution is -2.13. The molecule has 0 atom stereocenters. The number of carbonyl (C=O) groups excluding carboxylic acids is 1. The van der Waals surface area contributed by atoms with Crippen molar-refractivity contribution < 1.29 is 24.1 Å². The molecular weight excluding hydrogens is 316 g/mol. The first kappa shape index (κ1) is 22.7. The predicted molar refractivity (Wildman–Crippen MR) is 95.1 cm³/mol. The van der Waals surface area contributed by atoms with Gasteiger partial charge in [0.25, 0.3) is 0 Å². The van der Waals surface area contributed by atoms with E-state index in [0.717, 1.165) is 18.6 Å². The van der Waals surface area contributed by atoms with Gasteiger partial charge in [0.15, 0.2) is 0 Å². The van der Waals surface area contributed by atoms with Crippen LogP contribution in [0, 0.1) is 0 Å². The minimum absolute atomic E-state index is 0.0215. The summed E-state index contributed by atoms with van der Waals surface area (Å²) < 4.78 is 15.4. The van der Waals surface area contributed by atoms with Gasteiger partial charge in [0.1, 0.15) is 6.61 Å². The minimum Gasteiger partial charge on any atom is -0.463 e. The lowest BCUT2D eigenvalue weighted by molar-refractivity contribution is -0.145. The second-order valence-electron chi connectivity index (χ2n) is 5.47. The molecule has 0 saturated heterocycles. The summed E-state index contributed by atoms with van der Waals surface area (Å²) in [7, 11) is 0. The normalized spacial score (nSPS) is 10.9. The van der Waals surface area contributed by atoms with Crippen molar-refractivity contribution in [1.29, 1.82) is 0 Å². The van der Waals surface area contributed by atoms with Crippen molar-refractivity contribution in [2.75, 3.05) is 45.4 Å². The number of esters is 1. The molecule has 0 aliphatic heterocycles. The fourth-order valence-corrected chi connectivity index (χ4v) is 2.34. The molecule has 0 bridgehead atoms. The maximum atomic E-state index is 11.5. The largest absolute Gasteiger partial charge is 0.463 e. The van der Waals surface area contributed by atoms with Crippen molar-refractivity contribution in [2.24, 2.45) is 0 Å². The summed E-state index contributed by atoms with van der Waals surface area (Å²) in [6, 6.07) is 0. The second kappa shape index (κ2) is 19.7. The van der Waals surface area contributed by atoms with Crippen LogP contribution >= 0.6 is 12.6 Å². The molecule has 5 nitrogen and oxygen atoms in total. The van der Waals surface area contributed by atoms with Crippen LogP contribution in [0.2, 0.25) is 0 Å². The Hall–Kier alpha value is -0.300. The first-order valence-corrected chi connectivity index (χ1v) is 9.47. The summed E-state index contributed by atoms with van der Waals surface area (Å²) in [5, 5.41) is 8.50. The number of hydrogen-bond acceptors (Lipinski definition) is 6. The molecule has 0 aromatic carbocycles. The molecule has 0 unspecified atom stereocenters. The molecule has 0 aromatic rings. The van der Waals surface area contributed by atoms with Crippen molar-refractivity contribution in [1.82, 2.24) is 0 Å². The van der Waals surface area contributed by atoms with Crippen molar-refractivity contribution in [3.8, 4) is 0 Å². The fourth-order valence-electron chi connectivity index (χ4n) is 2.11. The van der Waals surface area contributed by atoms with Crippen molar-refractivity contribution in [2.45, 2.75) is 57.8 Å². The Kier molecular flexibility index (Phi) is 19.5. The smallest absolute Gasteiger partial charge is 0.305 e. The maximum absolute atomic E-state index is 11.5. The average Bonchev–Trinajstić information content (AvgIpc) is 2.56. The van der Waals surface area contributed by atoms with Crippen LogP contribution in [0.3, 0.4) is 0 Å². The van der Waals surface area contributed by atoms with E-state index in [2.05, 4.69) is 12.6 Å². The van der Waals surface area contributed by atoms with E-state index in [1.165, 1.54) is 38.5 Å². The highest BCUT2D eigenvalue weighted by atomic mass is 32.1. The van der Waals surface area contributed by atoms with Crippen LogP contribution in [0.1, 0.15) is 57.8 Å². The second-order valence-corrected chi connectivity index (χ2v) is 5.92. The molecule has 23 heavy (non-hydrogen) atoms. The van der Waals surface area contributed by atoms with E-state index in [-0.39, 0.29) is 12.6 Å². The van der Waals surface area contributed by atoms with E-state index in [0.29, 0.717) is 39.5 Å². The maximum Gasteiger partial charge on any atom is 0.305 e. The number of thiol groups is 1. The Morgan fingerprint density at radius 3 is 1.87 bits per heavy atom.